The zero-order valence-electron chi connectivity index (χ0n) is 17.6. The number of amides is 1. The van der Waals surface area contributed by atoms with E-state index in [0.717, 1.165) is 0 Å². The van der Waals surface area contributed by atoms with Gasteiger partial charge in [0.15, 0.2) is 11.6 Å². The molecule has 32 heavy (non-hydrogen) atoms. The highest BCUT2D eigenvalue weighted by atomic mass is 32.2. The van der Waals surface area contributed by atoms with Crippen molar-refractivity contribution in [3.8, 4) is 5.75 Å². The minimum absolute atomic E-state index is 0.0515. The van der Waals surface area contributed by atoms with Crippen molar-refractivity contribution in [3.05, 3.63) is 89.6 Å². The van der Waals surface area contributed by atoms with Crippen LogP contribution in [0, 0.1) is 5.82 Å². The fraction of sp³-hybridized carbons (Fsp3) is 0.174. The lowest BCUT2D eigenvalue weighted by atomic mass is 10.2. The summed E-state index contributed by atoms with van der Waals surface area (Å²) in [5, 5.41) is 0. The summed E-state index contributed by atoms with van der Waals surface area (Å²) in [6.07, 6.45) is 4.43. The minimum Gasteiger partial charge on any atom is -0.494 e. The first kappa shape index (κ1) is 23.2. The maximum Gasteiger partial charge on any atom is 0.246 e. The van der Waals surface area contributed by atoms with Gasteiger partial charge < -0.3 is 14.1 Å². The molecule has 0 unspecified atom stereocenters. The van der Waals surface area contributed by atoms with Crippen LogP contribution < -0.4 is 9.46 Å². The van der Waals surface area contributed by atoms with E-state index in [1.807, 2.05) is 0 Å². The Hall–Kier alpha value is -3.43. The van der Waals surface area contributed by atoms with Gasteiger partial charge in [-0.2, -0.15) is 0 Å². The molecule has 0 aliphatic rings. The normalized spacial score (nSPS) is 11.6. The SMILES string of the molecule is COc1ccc(CN(C)C(=O)/C=C/c2ccc(S(=O)(=O)NCc3ccco3)cc2)cc1F. The molecule has 168 valence electrons. The van der Waals surface area contributed by atoms with Crippen LogP contribution in [0.3, 0.4) is 0 Å². The fourth-order valence-electron chi connectivity index (χ4n) is 2.88. The summed E-state index contributed by atoms with van der Waals surface area (Å²) in [5.41, 5.74) is 1.29. The van der Waals surface area contributed by atoms with Gasteiger partial charge in [0.2, 0.25) is 15.9 Å². The molecule has 3 aromatic rings. The smallest absolute Gasteiger partial charge is 0.246 e. The van der Waals surface area contributed by atoms with E-state index in [0.29, 0.717) is 16.9 Å². The highest BCUT2D eigenvalue weighted by molar-refractivity contribution is 7.89. The third-order valence-electron chi connectivity index (χ3n) is 4.64. The number of hydrogen-bond acceptors (Lipinski definition) is 5. The molecule has 1 aromatic heterocycles. The second-order valence-corrected chi connectivity index (χ2v) is 8.74. The average molecular weight is 459 g/mol. The van der Waals surface area contributed by atoms with Crippen molar-refractivity contribution >= 4 is 22.0 Å². The van der Waals surface area contributed by atoms with Crippen molar-refractivity contribution in [2.24, 2.45) is 0 Å². The molecule has 0 atom stereocenters. The van der Waals surface area contributed by atoms with E-state index in [-0.39, 0.29) is 29.6 Å². The maximum atomic E-state index is 13.8. The molecule has 0 aliphatic heterocycles. The minimum atomic E-state index is -3.69. The summed E-state index contributed by atoms with van der Waals surface area (Å²) in [5.74, 6) is -0.120. The van der Waals surface area contributed by atoms with Gasteiger partial charge in [-0.05, 0) is 53.6 Å². The number of carbonyl (C=O) groups excluding carboxylic acids is 1. The Kier molecular flexibility index (Phi) is 7.45. The summed E-state index contributed by atoms with van der Waals surface area (Å²) in [6.45, 7) is 0.276. The number of halogens is 1. The summed E-state index contributed by atoms with van der Waals surface area (Å²) < 4.78 is 51.0. The van der Waals surface area contributed by atoms with Crippen molar-refractivity contribution in [2.45, 2.75) is 18.0 Å². The number of benzene rings is 2. The van der Waals surface area contributed by atoms with Crippen LogP contribution in [0.1, 0.15) is 16.9 Å². The number of rotatable bonds is 9. The van der Waals surface area contributed by atoms with Gasteiger partial charge in [0.05, 0.1) is 24.8 Å². The molecule has 9 heteroatoms. The summed E-state index contributed by atoms with van der Waals surface area (Å²) in [7, 11) is -0.697. The van der Waals surface area contributed by atoms with E-state index in [1.165, 1.54) is 48.6 Å². The Bertz CT molecular complexity index is 1190. The van der Waals surface area contributed by atoms with Crippen LogP contribution in [0.15, 0.2) is 76.2 Å². The standard InChI is InChI=1S/C23H23FN2O5S/c1-26(16-18-7-11-22(30-2)21(24)14-18)23(27)12-8-17-5-9-20(10-6-17)32(28,29)25-15-19-4-3-13-31-19/h3-14,25H,15-16H2,1-2H3/b12-8+. The first-order chi connectivity index (χ1) is 15.3. The van der Waals surface area contributed by atoms with Crippen molar-refractivity contribution in [1.29, 1.82) is 0 Å². The molecule has 2 aromatic carbocycles. The second-order valence-electron chi connectivity index (χ2n) is 6.97. The van der Waals surface area contributed by atoms with Gasteiger partial charge in [-0.25, -0.2) is 17.5 Å². The van der Waals surface area contributed by atoms with E-state index in [2.05, 4.69) is 4.72 Å². The summed E-state index contributed by atoms with van der Waals surface area (Å²) in [4.78, 5) is 13.9. The third-order valence-corrected chi connectivity index (χ3v) is 6.05. The lowest BCUT2D eigenvalue weighted by Crippen LogP contribution is -2.24. The number of sulfonamides is 1. The van der Waals surface area contributed by atoms with Crippen LogP contribution >= 0.6 is 0 Å². The highest BCUT2D eigenvalue weighted by Crippen LogP contribution is 2.18. The monoisotopic (exact) mass is 458 g/mol. The van der Waals surface area contributed by atoms with Gasteiger partial charge in [-0.3, -0.25) is 4.79 Å². The van der Waals surface area contributed by atoms with Crippen LogP contribution in [0.25, 0.3) is 6.08 Å². The van der Waals surface area contributed by atoms with Crippen molar-refractivity contribution in [3.63, 3.8) is 0 Å². The highest BCUT2D eigenvalue weighted by Gasteiger charge is 2.14. The molecule has 1 amide bonds. The Balaban J connectivity index is 1.58. The van der Waals surface area contributed by atoms with Gasteiger partial charge in [0, 0.05) is 19.7 Å². The molecule has 7 nitrogen and oxygen atoms in total. The number of ether oxygens (including phenoxy) is 1. The number of hydrogen-bond donors (Lipinski definition) is 1. The Labute approximate surface area is 186 Å². The van der Waals surface area contributed by atoms with E-state index in [4.69, 9.17) is 9.15 Å². The molecule has 0 aliphatic carbocycles. The fourth-order valence-corrected chi connectivity index (χ4v) is 3.87. The molecule has 1 heterocycles. The molecule has 0 saturated heterocycles. The molecule has 1 N–H and O–H groups in total. The van der Waals surface area contributed by atoms with Crippen LogP contribution in [-0.2, 0) is 27.9 Å². The Morgan fingerprint density at radius 3 is 2.56 bits per heavy atom. The molecule has 0 fully saturated rings. The van der Waals surface area contributed by atoms with Crippen molar-refractivity contribution in [2.75, 3.05) is 14.2 Å². The average Bonchev–Trinajstić information content (AvgIpc) is 3.30. The lowest BCUT2D eigenvalue weighted by molar-refractivity contribution is -0.125. The number of furan rings is 1. The summed E-state index contributed by atoms with van der Waals surface area (Å²) >= 11 is 0. The predicted octanol–water partition coefficient (Wildman–Crippen LogP) is 3.58. The van der Waals surface area contributed by atoms with E-state index < -0.39 is 15.8 Å². The number of nitrogens with one attached hydrogen (secondary N) is 1. The topological polar surface area (TPSA) is 88.8 Å². The predicted molar refractivity (Wildman–Crippen MR) is 118 cm³/mol. The van der Waals surface area contributed by atoms with E-state index >= 15 is 0 Å². The summed E-state index contributed by atoms with van der Waals surface area (Å²) in [6, 6.07) is 14.0. The number of likely N-dealkylation sites (N-methyl/N-ethyl adjacent to an activating group) is 1. The lowest BCUT2D eigenvalue weighted by Gasteiger charge is -2.15. The first-order valence-corrected chi connectivity index (χ1v) is 11.1. The quantitative estimate of drug-likeness (QED) is 0.495. The van der Waals surface area contributed by atoms with Gasteiger partial charge in [-0.1, -0.05) is 18.2 Å². The van der Waals surface area contributed by atoms with Crippen LogP contribution in [0.2, 0.25) is 0 Å². The molecule has 3 rings (SSSR count). The van der Waals surface area contributed by atoms with Crippen LogP contribution in [-0.4, -0.2) is 33.4 Å². The molecular formula is C23H23FN2O5S. The van der Waals surface area contributed by atoms with E-state index in [9.17, 15) is 17.6 Å². The van der Waals surface area contributed by atoms with Crippen molar-refractivity contribution < 1.29 is 26.8 Å². The molecule has 0 bridgehead atoms. The molecule has 0 radical (unpaired) electrons. The molecular weight excluding hydrogens is 435 g/mol. The number of nitrogens with zero attached hydrogens (tertiary/aromatic N) is 1. The van der Waals surface area contributed by atoms with Crippen LogP contribution in [0.4, 0.5) is 4.39 Å². The third kappa shape index (κ3) is 6.05. The first-order valence-electron chi connectivity index (χ1n) is 9.66. The zero-order chi connectivity index (χ0) is 23.1. The number of carbonyl (C=O) groups is 1. The molecule has 0 spiro atoms. The van der Waals surface area contributed by atoms with Gasteiger partial charge in [-0.15, -0.1) is 0 Å². The van der Waals surface area contributed by atoms with Crippen LogP contribution in [0.5, 0.6) is 5.75 Å². The molecule has 0 saturated carbocycles. The maximum absolute atomic E-state index is 13.8. The van der Waals surface area contributed by atoms with Gasteiger partial charge >= 0.3 is 0 Å². The number of methoxy groups -OCH3 is 1. The second kappa shape index (κ2) is 10.3. The Morgan fingerprint density at radius 1 is 1.19 bits per heavy atom. The van der Waals surface area contributed by atoms with E-state index in [1.54, 1.807) is 43.5 Å². The van der Waals surface area contributed by atoms with Gasteiger partial charge in [0.1, 0.15) is 5.76 Å². The Morgan fingerprint density at radius 2 is 1.94 bits per heavy atom. The van der Waals surface area contributed by atoms with Gasteiger partial charge in [0.25, 0.3) is 0 Å². The largest absolute Gasteiger partial charge is 0.494 e. The zero-order valence-corrected chi connectivity index (χ0v) is 18.4. The van der Waals surface area contributed by atoms with Crippen molar-refractivity contribution in [1.82, 2.24) is 9.62 Å².